The SMILES string of the molecule is O=C(NO)OC1c2ccc(OCCN3CCOCC3)cc2CCN1S(=O)(=O)c1ccc(Oc2ccc(F)cc2)cc1. The zero-order chi connectivity index (χ0) is 28.8. The van der Waals surface area contributed by atoms with Crippen LogP contribution in [0.15, 0.2) is 71.6 Å². The summed E-state index contributed by atoms with van der Waals surface area (Å²) < 4.78 is 63.9. The lowest BCUT2D eigenvalue weighted by Gasteiger charge is -2.35. The quantitative estimate of drug-likeness (QED) is 0.285. The fraction of sp³-hybridized carbons (Fsp3) is 0.321. The highest BCUT2D eigenvalue weighted by molar-refractivity contribution is 7.89. The third kappa shape index (κ3) is 6.94. The van der Waals surface area contributed by atoms with Crippen LogP contribution in [0.25, 0.3) is 0 Å². The first-order valence-corrected chi connectivity index (χ1v) is 14.5. The monoisotopic (exact) mass is 587 g/mol. The maximum atomic E-state index is 13.7. The molecule has 0 radical (unpaired) electrons. The van der Waals surface area contributed by atoms with Crippen LogP contribution in [0, 0.1) is 5.82 Å². The van der Waals surface area contributed by atoms with E-state index in [4.69, 9.17) is 24.2 Å². The number of carbonyl (C=O) groups is 1. The van der Waals surface area contributed by atoms with Crippen molar-refractivity contribution in [2.75, 3.05) is 46.0 Å². The number of amides is 1. The summed E-state index contributed by atoms with van der Waals surface area (Å²) in [5.41, 5.74) is 2.62. The van der Waals surface area contributed by atoms with Crippen molar-refractivity contribution in [2.24, 2.45) is 0 Å². The molecule has 0 aromatic heterocycles. The van der Waals surface area contributed by atoms with Crippen molar-refractivity contribution in [1.29, 1.82) is 0 Å². The molecule has 1 fully saturated rings. The van der Waals surface area contributed by atoms with Crippen LogP contribution in [0.3, 0.4) is 0 Å². The molecule has 2 heterocycles. The number of sulfonamides is 1. The van der Waals surface area contributed by atoms with Crippen LogP contribution in [0.5, 0.6) is 17.2 Å². The van der Waals surface area contributed by atoms with Crippen LogP contribution in [0.1, 0.15) is 17.4 Å². The lowest BCUT2D eigenvalue weighted by molar-refractivity contribution is 0.00231. The number of morpholine rings is 1. The molecular formula is C28H30FN3O8S. The fourth-order valence-corrected chi connectivity index (χ4v) is 6.19. The number of halogens is 1. The molecule has 0 saturated carbocycles. The predicted molar refractivity (Wildman–Crippen MR) is 144 cm³/mol. The average Bonchev–Trinajstić information content (AvgIpc) is 2.99. The first-order valence-electron chi connectivity index (χ1n) is 13.1. The van der Waals surface area contributed by atoms with Crippen LogP contribution in [0.4, 0.5) is 9.18 Å². The van der Waals surface area contributed by atoms with E-state index in [1.54, 1.807) is 12.1 Å². The van der Waals surface area contributed by atoms with Crippen molar-refractivity contribution in [1.82, 2.24) is 14.7 Å². The maximum Gasteiger partial charge on any atom is 0.432 e. The highest BCUT2D eigenvalue weighted by Crippen LogP contribution is 2.37. The van der Waals surface area contributed by atoms with Crippen molar-refractivity contribution in [3.05, 3.63) is 83.7 Å². The van der Waals surface area contributed by atoms with E-state index >= 15 is 0 Å². The summed E-state index contributed by atoms with van der Waals surface area (Å²) in [5, 5.41) is 9.08. The first kappa shape index (κ1) is 28.8. The average molecular weight is 588 g/mol. The van der Waals surface area contributed by atoms with E-state index in [1.807, 2.05) is 6.07 Å². The molecule has 1 atom stereocenters. The molecule has 0 spiro atoms. The zero-order valence-electron chi connectivity index (χ0n) is 22.1. The molecule has 0 aliphatic carbocycles. The van der Waals surface area contributed by atoms with E-state index < -0.39 is 28.2 Å². The lowest BCUT2D eigenvalue weighted by atomic mass is 9.99. The Morgan fingerprint density at radius 2 is 1.63 bits per heavy atom. The topological polar surface area (TPSA) is 127 Å². The van der Waals surface area contributed by atoms with Gasteiger partial charge in [-0.25, -0.2) is 23.1 Å². The van der Waals surface area contributed by atoms with E-state index in [2.05, 4.69) is 4.90 Å². The minimum absolute atomic E-state index is 0.0176. The third-order valence-corrected chi connectivity index (χ3v) is 8.67. The molecule has 13 heteroatoms. The minimum atomic E-state index is -4.15. The van der Waals surface area contributed by atoms with Gasteiger partial charge in [0.1, 0.15) is 29.7 Å². The molecule has 3 aromatic rings. The number of nitrogens with one attached hydrogen (secondary N) is 1. The van der Waals surface area contributed by atoms with Crippen molar-refractivity contribution < 1.29 is 41.8 Å². The number of benzene rings is 3. The largest absolute Gasteiger partial charge is 0.492 e. The third-order valence-electron chi connectivity index (χ3n) is 6.81. The molecule has 11 nitrogen and oxygen atoms in total. The van der Waals surface area contributed by atoms with E-state index in [1.165, 1.54) is 54.0 Å². The number of fused-ring (bicyclic) bond motifs is 1. The Bertz CT molecular complexity index is 1450. The Labute approximate surface area is 237 Å². The molecular weight excluding hydrogens is 557 g/mol. The predicted octanol–water partition coefficient (Wildman–Crippen LogP) is 3.69. The molecule has 2 aliphatic rings. The van der Waals surface area contributed by atoms with Gasteiger partial charge in [0.25, 0.3) is 0 Å². The van der Waals surface area contributed by atoms with Gasteiger partial charge in [0.2, 0.25) is 10.0 Å². The second-order valence-electron chi connectivity index (χ2n) is 9.43. The Morgan fingerprint density at radius 1 is 0.976 bits per heavy atom. The van der Waals surface area contributed by atoms with Crippen LogP contribution in [0.2, 0.25) is 0 Å². The van der Waals surface area contributed by atoms with Gasteiger partial charge >= 0.3 is 6.09 Å². The summed E-state index contributed by atoms with van der Waals surface area (Å²) in [5.74, 6) is 0.965. The van der Waals surface area contributed by atoms with Gasteiger partial charge in [-0.3, -0.25) is 10.1 Å². The summed E-state index contributed by atoms with van der Waals surface area (Å²) in [6.07, 6.45) is -2.17. The Hall–Kier alpha value is -3.75. The van der Waals surface area contributed by atoms with Gasteiger partial charge in [-0.2, -0.15) is 4.31 Å². The Morgan fingerprint density at radius 3 is 2.32 bits per heavy atom. The lowest BCUT2D eigenvalue weighted by Crippen LogP contribution is -2.43. The maximum absolute atomic E-state index is 13.7. The van der Waals surface area contributed by atoms with Crippen LogP contribution in [-0.4, -0.2) is 74.9 Å². The first-order chi connectivity index (χ1) is 19.8. The number of rotatable bonds is 9. The van der Waals surface area contributed by atoms with Gasteiger partial charge in [0, 0.05) is 31.7 Å². The van der Waals surface area contributed by atoms with Gasteiger partial charge < -0.3 is 18.9 Å². The highest BCUT2D eigenvalue weighted by atomic mass is 32.2. The van der Waals surface area contributed by atoms with Crippen LogP contribution in [-0.2, 0) is 25.9 Å². The molecule has 2 aliphatic heterocycles. The summed E-state index contributed by atoms with van der Waals surface area (Å²) in [6.45, 7) is 4.37. The van der Waals surface area contributed by atoms with Gasteiger partial charge in [-0.05, 0) is 78.7 Å². The van der Waals surface area contributed by atoms with E-state index in [0.717, 1.165) is 29.5 Å². The number of hydrogen-bond donors (Lipinski definition) is 2. The normalized spacial score (nSPS) is 17.9. The molecule has 5 rings (SSSR count). The van der Waals surface area contributed by atoms with E-state index in [9.17, 15) is 17.6 Å². The Kier molecular flexibility index (Phi) is 9.00. The molecule has 1 saturated heterocycles. The highest BCUT2D eigenvalue weighted by Gasteiger charge is 2.39. The second-order valence-corrected chi connectivity index (χ2v) is 11.3. The van der Waals surface area contributed by atoms with E-state index in [-0.39, 0.29) is 11.4 Å². The molecule has 0 bridgehead atoms. The summed E-state index contributed by atoms with van der Waals surface area (Å²) in [6, 6.07) is 16.3. The summed E-state index contributed by atoms with van der Waals surface area (Å²) >= 11 is 0. The van der Waals surface area contributed by atoms with Gasteiger partial charge in [0.15, 0.2) is 6.23 Å². The second kappa shape index (κ2) is 12.8. The molecule has 1 amide bonds. The van der Waals surface area contributed by atoms with Gasteiger partial charge in [0.05, 0.1) is 18.1 Å². The number of hydrogen-bond acceptors (Lipinski definition) is 9. The van der Waals surface area contributed by atoms with Crippen molar-refractivity contribution in [3.8, 4) is 17.2 Å². The van der Waals surface area contributed by atoms with Gasteiger partial charge in [-0.15, -0.1) is 0 Å². The van der Waals surface area contributed by atoms with E-state index in [0.29, 0.717) is 49.1 Å². The fourth-order valence-electron chi connectivity index (χ4n) is 4.70. The van der Waals surface area contributed by atoms with Crippen molar-refractivity contribution in [2.45, 2.75) is 17.5 Å². The van der Waals surface area contributed by atoms with Crippen LogP contribution < -0.4 is 15.0 Å². The molecule has 218 valence electrons. The van der Waals surface area contributed by atoms with Crippen molar-refractivity contribution in [3.63, 3.8) is 0 Å². The Balaban J connectivity index is 1.32. The smallest absolute Gasteiger partial charge is 0.432 e. The molecule has 3 aromatic carbocycles. The number of carbonyl (C=O) groups excluding carboxylic acids is 1. The molecule has 2 N–H and O–H groups in total. The summed E-state index contributed by atoms with van der Waals surface area (Å²) in [4.78, 5) is 14.2. The molecule has 41 heavy (non-hydrogen) atoms. The zero-order valence-corrected chi connectivity index (χ0v) is 22.9. The van der Waals surface area contributed by atoms with Gasteiger partial charge in [-0.1, -0.05) is 0 Å². The van der Waals surface area contributed by atoms with Crippen molar-refractivity contribution >= 4 is 16.1 Å². The minimum Gasteiger partial charge on any atom is -0.492 e. The number of nitrogens with zero attached hydrogens (tertiary/aromatic N) is 2. The number of hydroxylamine groups is 1. The van der Waals surface area contributed by atoms with Crippen LogP contribution >= 0.6 is 0 Å². The molecule has 1 unspecified atom stereocenters. The number of ether oxygens (including phenoxy) is 4. The standard InChI is InChI=1S/C28H30FN3O8S/c29-21-1-3-22(4-2-21)39-23-5-8-25(9-6-23)41(35,36)32-12-11-20-19-24(38-18-15-31-13-16-37-17-14-31)7-10-26(20)27(32)40-28(33)30-34/h1-10,19,27,34H,11-18H2,(H,30,33). The summed E-state index contributed by atoms with van der Waals surface area (Å²) in [7, 11) is -4.15.